The molecule has 2 atom stereocenters. The first kappa shape index (κ1) is 16.6. The Hall–Kier alpha value is -2.24. The Morgan fingerprint density at radius 3 is 2.67 bits per heavy atom. The van der Waals surface area contributed by atoms with Crippen LogP contribution in [0.4, 0.5) is 16.2 Å². The van der Waals surface area contributed by atoms with Crippen molar-refractivity contribution in [3.63, 3.8) is 0 Å². The van der Waals surface area contributed by atoms with E-state index >= 15 is 0 Å². The summed E-state index contributed by atoms with van der Waals surface area (Å²) in [7, 11) is 0. The van der Waals surface area contributed by atoms with Crippen LogP contribution >= 0.6 is 0 Å². The molecular weight excluding hydrogens is 306 g/mol. The highest BCUT2D eigenvalue weighted by atomic mass is 16.4. The number of rotatable bonds is 3. The molecular formula is C18H25N3O3. The zero-order valence-corrected chi connectivity index (χ0v) is 14.1. The molecule has 0 bridgehead atoms. The third-order valence-corrected chi connectivity index (χ3v) is 4.86. The molecule has 2 aliphatic rings. The maximum atomic E-state index is 12.5. The Balaban J connectivity index is 1.65. The van der Waals surface area contributed by atoms with Crippen molar-refractivity contribution >= 4 is 23.4 Å². The molecule has 1 aromatic rings. The number of hydrogen-bond acceptors (Lipinski definition) is 3. The fourth-order valence-electron chi connectivity index (χ4n) is 3.65. The second kappa shape index (κ2) is 7.11. The lowest BCUT2D eigenvalue weighted by molar-refractivity contribution is -0.143. The van der Waals surface area contributed by atoms with E-state index in [0.717, 1.165) is 24.5 Å². The Morgan fingerprint density at radius 1 is 1.21 bits per heavy atom. The molecule has 3 rings (SSSR count). The van der Waals surface area contributed by atoms with Crippen LogP contribution in [0.2, 0.25) is 0 Å². The van der Waals surface area contributed by atoms with Gasteiger partial charge in [0.2, 0.25) is 0 Å². The molecule has 0 saturated carbocycles. The van der Waals surface area contributed by atoms with Crippen molar-refractivity contribution in [3.05, 3.63) is 24.3 Å². The van der Waals surface area contributed by atoms with E-state index in [2.05, 4.69) is 16.3 Å². The van der Waals surface area contributed by atoms with Gasteiger partial charge in [0.1, 0.15) is 0 Å². The van der Waals surface area contributed by atoms with Gasteiger partial charge in [-0.1, -0.05) is 13.0 Å². The highest BCUT2D eigenvalue weighted by Gasteiger charge is 2.31. The number of anilines is 2. The predicted molar refractivity (Wildman–Crippen MR) is 93.4 cm³/mol. The molecule has 0 aliphatic carbocycles. The number of carbonyl (C=O) groups is 2. The quantitative estimate of drug-likeness (QED) is 0.893. The van der Waals surface area contributed by atoms with Crippen LogP contribution in [0.1, 0.15) is 26.2 Å². The van der Waals surface area contributed by atoms with Crippen molar-refractivity contribution in [2.75, 3.05) is 36.4 Å². The van der Waals surface area contributed by atoms with E-state index in [0.29, 0.717) is 13.0 Å². The van der Waals surface area contributed by atoms with Crippen molar-refractivity contribution < 1.29 is 14.7 Å². The number of amides is 2. The molecule has 2 amide bonds. The lowest BCUT2D eigenvalue weighted by Gasteiger charge is -2.34. The number of piperidine rings is 1. The molecule has 6 nitrogen and oxygen atoms in total. The van der Waals surface area contributed by atoms with Gasteiger partial charge >= 0.3 is 12.0 Å². The van der Waals surface area contributed by atoms with Crippen molar-refractivity contribution in [2.24, 2.45) is 11.8 Å². The summed E-state index contributed by atoms with van der Waals surface area (Å²) in [5.74, 6) is -1.10. The Labute approximate surface area is 142 Å². The molecule has 24 heavy (non-hydrogen) atoms. The molecule has 0 radical (unpaired) electrons. The molecule has 2 fully saturated rings. The molecule has 2 saturated heterocycles. The van der Waals surface area contributed by atoms with E-state index in [-0.39, 0.29) is 18.5 Å². The van der Waals surface area contributed by atoms with E-state index in [1.54, 1.807) is 4.90 Å². The predicted octanol–water partition coefficient (Wildman–Crippen LogP) is 2.86. The van der Waals surface area contributed by atoms with E-state index in [4.69, 9.17) is 0 Å². The van der Waals surface area contributed by atoms with Crippen LogP contribution in [0.25, 0.3) is 0 Å². The van der Waals surface area contributed by atoms with Crippen LogP contribution in [0, 0.1) is 11.8 Å². The number of carbonyl (C=O) groups excluding carboxylic acids is 1. The molecule has 1 aromatic carbocycles. The van der Waals surface area contributed by atoms with Crippen LogP contribution < -0.4 is 10.2 Å². The molecule has 0 aromatic heterocycles. The average molecular weight is 331 g/mol. The maximum absolute atomic E-state index is 12.5. The van der Waals surface area contributed by atoms with Gasteiger partial charge in [-0.25, -0.2) is 4.79 Å². The average Bonchev–Trinajstić information content (AvgIpc) is 3.09. The fraction of sp³-hybridized carbons (Fsp3) is 0.556. The van der Waals surface area contributed by atoms with Gasteiger partial charge in [-0.15, -0.1) is 0 Å². The minimum atomic E-state index is -0.824. The van der Waals surface area contributed by atoms with Gasteiger partial charge in [-0.05, 0) is 43.4 Å². The number of benzene rings is 1. The lowest BCUT2D eigenvalue weighted by Crippen LogP contribution is -2.47. The smallest absolute Gasteiger partial charge is 0.321 e. The van der Waals surface area contributed by atoms with Gasteiger partial charge in [-0.2, -0.15) is 0 Å². The topological polar surface area (TPSA) is 72.9 Å². The van der Waals surface area contributed by atoms with Gasteiger partial charge in [0.15, 0.2) is 0 Å². The van der Waals surface area contributed by atoms with Crippen molar-refractivity contribution in [1.82, 2.24) is 4.90 Å². The van der Waals surface area contributed by atoms with Gasteiger partial charge in [0.05, 0.1) is 5.92 Å². The van der Waals surface area contributed by atoms with E-state index in [1.165, 1.54) is 12.8 Å². The minimum absolute atomic E-state index is 0.196. The maximum Gasteiger partial charge on any atom is 0.321 e. The highest BCUT2D eigenvalue weighted by Crippen LogP contribution is 2.25. The first-order valence-corrected chi connectivity index (χ1v) is 8.66. The normalized spacial score (nSPS) is 24.0. The van der Waals surface area contributed by atoms with E-state index in [9.17, 15) is 14.7 Å². The third kappa shape index (κ3) is 3.80. The van der Waals surface area contributed by atoms with Crippen molar-refractivity contribution in [2.45, 2.75) is 26.2 Å². The molecule has 0 spiro atoms. The molecule has 2 heterocycles. The van der Waals surface area contributed by atoms with Crippen LogP contribution in [0.15, 0.2) is 24.3 Å². The van der Waals surface area contributed by atoms with Crippen LogP contribution in [0.3, 0.4) is 0 Å². The van der Waals surface area contributed by atoms with Gasteiger partial charge in [0.25, 0.3) is 0 Å². The largest absolute Gasteiger partial charge is 0.481 e. The zero-order chi connectivity index (χ0) is 17.1. The van der Waals surface area contributed by atoms with E-state index in [1.807, 2.05) is 25.1 Å². The molecule has 2 unspecified atom stereocenters. The summed E-state index contributed by atoms with van der Waals surface area (Å²) in [6.07, 6.45) is 3.04. The second-order valence-corrected chi connectivity index (χ2v) is 6.96. The van der Waals surface area contributed by atoms with Crippen molar-refractivity contribution in [1.29, 1.82) is 0 Å². The first-order valence-electron chi connectivity index (χ1n) is 8.66. The number of likely N-dealkylation sites (tertiary alicyclic amines) is 1. The standard InChI is InChI=1S/C18H25N3O3/c1-13-9-14(17(22)23)12-21(11-13)18(24)19-15-5-4-6-16(10-15)20-7-2-3-8-20/h4-6,10,13-14H,2-3,7-9,11-12H2,1H3,(H,19,24)(H,22,23). The number of carboxylic acid groups (broad SMARTS) is 1. The molecule has 2 aliphatic heterocycles. The molecule has 130 valence electrons. The fourth-order valence-corrected chi connectivity index (χ4v) is 3.65. The SMILES string of the molecule is CC1CC(C(=O)O)CN(C(=O)Nc2cccc(N3CCCC3)c2)C1. The van der Waals surface area contributed by atoms with Crippen LogP contribution in [-0.2, 0) is 4.79 Å². The number of nitrogens with one attached hydrogen (secondary N) is 1. The highest BCUT2D eigenvalue weighted by molar-refractivity contribution is 5.90. The van der Waals surface area contributed by atoms with E-state index < -0.39 is 11.9 Å². The van der Waals surface area contributed by atoms with Crippen molar-refractivity contribution in [3.8, 4) is 0 Å². The number of urea groups is 1. The second-order valence-electron chi connectivity index (χ2n) is 6.96. The summed E-state index contributed by atoms with van der Waals surface area (Å²) >= 11 is 0. The van der Waals surface area contributed by atoms with Gasteiger partial charge in [0, 0.05) is 37.6 Å². The summed E-state index contributed by atoms with van der Waals surface area (Å²) in [5, 5.41) is 12.2. The number of nitrogens with zero attached hydrogens (tertiary/aromatic N) is 2. The van der Waals surface area contributed by atoms with Crippen LogP contribution in [-0.4, -0.2) is 48.2 Å². The monoisotopic (exact) mass is 331 g/mol. The Kier molecular flexibility index (Phi) is 4.92. The van der Waals surface area contributed by atoms with Crippen LogP contribution in [0.5, 0.6) is 0 Å². The summed E-state index contributed by atoms with van der Waals surface area (Å²) in [4.78, 5) is 27.7. The molecule has 2 N–H and O–H groups in total. The number of hydrogen-bond donors (Lipinski definition) is 2. The summed E-state index contributed by atoms with van der Waals surface area (Å²) in [6, 6.07) is 7.66. The number of aliphatic carboxylic acids is 1. The summed E-state index contributed by atoms with van der Waals surface area (Å²) < 4.78 is 0. The van der Waals surface area contributed by atoms with Gasteiger partial charge < -0.3 is 20.2 Å². The minimum Gasteiger partial charge on any atom is -0.481 e. The lowest BCUT2D eigenvalue weighted by atomic mass is 9.91. The summed E-state index contributed by atoms with van der Waals surface area (Å²) in [6.45, 7) is 4.98. The first-order chi connectivity index (χ1) is 11.5. The zero-order valence-electron chi connectivity index (χ0n) is 14.1. The Morgan fingerprint density at radius 2 is 1.96 bits per heavy atom. The number of carboxylic acids is 1. The third-order valence-electron chi connectivity index (χ3n) is 4.86. The Bertz CT molecular complexity index is 613. The summed E-state index contributed by atoms with van der Waals surface area (Å²) in [5.41, 5.74) is 1.88. The molecule has 6 heteroatoms. The van der Waals surface area contributed by atoms with Gasteiger partial charge in [-0.3, -0.25) is 4.79 Å².